The highest BCUT2D eigenvalue weighted by atomic mass is 32.1. The lowest BCUT2D eigenvalue weighted by molar-refractivity contribution is -0.384. The van der Waals surface area contributed by atoms with E-state index in [2.05, 4.69) is 10.1 Å². The Morgan fingerprint density at radius 1 is 1.32 bits per heavy atom. The maximum atomic E-state index is 12.8. The minimum absolute atomic E-state index is 0.0169. The van der Waals surface area contributed by atoms with Crippen molar-refractivity contribution in [3.8, 4) is 0 Å². The molecule has 0 fully saturated rings. The van der Waals surface area contributed by atoms with Crippen LogP contribution < -0.4 is 5.56 Å². The van der Waals surface area contributed by atoms with Crippen molar-refractivity contribution in [2.24, 2.45) is 5.10 Å². The molecule has 0 aliphatic heterocycles. The van der Waals surface area contributed by atoms with Gasteiger partial charge in [-0.05, 0) is 31.2 Å². The van der Waals surface area contributed by atoms with Crippen LogP contribution in [0.4, 0.5) is 5.69 Å². The molecule has 8 heteroatoms. The summed E-state index contributed by atoms with van der Waals surface area (Å²) < 4.78 is 1.20. The lowest BCUT2D eigenvalue weighted by Crippen LogP contribution is -2.18. The maximum Gasteiger partial charge on any atom is 0.282 e. The molecule has 1 aliphatic rings. The SMILES string of the molecule is O=c1c2c3c(sc2ncn1N=Cc1cccc([N+](=O)[O-])c1)CCCC3. The van der Waals surface area contributed by atoms with Crippen LogP contribution in [0.25, 0.3) is 10.2 Å². The second-order valence-electron chi connectivity index (χ2n) is 5.88. The van der Waals surface area contributed by atoms with Crippen LogP contribution in [-0.4, -0.2) is 20.8 Å². The molecular weight excluding hydrogens is 340 g/mol. The van der Waals surface area contributed by atoms with Crippen molar-refractivity contribution in [1.82, 2.24) is 9.66 Å². The quantitative estimate of drug-likeness (QED) is 0.410. The summed E-state index contributed by atoms with van der Waals surface area (Å²) in [7, 11) is 0. The van der Waals surface area contributed by atoms with E-state index in [0.29, 0.717) is 10.9 Å². The zero-order valence-electron chi connectivity index (χ0n) is 13.2. The summed E-state index contributed by atoms with van der Waals surface area (Å²) in [5.41, 5.74) is 1.46. The van der Waals surface area contributed by atoms with Gasteiger partial charge in [0.05, 0.1) is 16.5 Å². The molecule has 0 N–H and O–H groups in total. The van der Waals surface area contributed by atoms with Gasteiger partial charge in [0.25, 0.3) is 11.2 Å². The molecular formula is C17H14N4O3S. The van der Waals surface area contributed by atoms with Crippen molar-refractivity contribution in [2.75, 3.05) is 0 Å². The van der Waals surface area contributed by atoms with Crippen molar-refractivity contribution in [1.29, 1.82) is 0 Å². The van der Waals surface area contributed by atoms with Crippen molar-refractivity contribution in [2.45, 2.75) is 25.7 Å². The standard InChI is InChI=1S/C17H14N4O3S/c22-17-15-13-6-1-2-7-14(13)25-16(15)18-10-20(17)19-9-11-4-3-5-12(8-11)21(23)24/h3-5,8-10H,1-2,6-7H2. The number of nitrogens with zero attached hydrogens (tertiary/aromatic N) is 4. The van der Waals surface area contributed by atoms with E-state index in [1.807, 2.05) is 0 Å². The van der Waals surface area contributed by atoms with Crippen LogP contribution in [0.1, 0.15) is 28.8 Å². The smallest absolute Gasteiger partial charge is 0.267 e. The average Bonchev–Trinajstić information content (AvgIpc) is 3.00. The molecule has 4 rings (SSSR count). The molecule has 0 bridgehead atoms. The molecule has 3 aromatic rings. The van der Waals surface area contributed by atoms with Gasteiger partial charge in [-0.15, -0.1) is 11.3 Å². The molecule has 0 radical (unpaired) electrons. The largest absolute Gasteiger partial charge is 0.282 e. The van der Waals surface area contributed by atoms with Crippen LogP contribution in [0.3, 0.4) is 0 Å². The number of nitro groups is 1. The number of hydrogen-bond acceptors (Lipinski definition) is 6. The molecule has 0 saturated carbocycles. The van der Waals surface area contributed by atoms with Crippen LogP contribution in [0.5, 0.6) is 0 Å². The van der Waals surface area contributed by atoms with Gasteiger partial charge in [0.1, 0.15) is 11.2 Å². The number of nitro benzene ring substituents is 1. The monoisotopic (exact) mass is 354 g/mol. The van der Waals surface area contributed by atoms with Gasteiger partial charge in [0.2, 0.25) is 0 Å². The third-order valence-electron chi connectivity index (χ3n) is 4.27. The van der Waals surface area contributed by atoms with Gasteiger partial charge in [-0.1, -0.05) is 12.1 Å². The van der Waals surface area contributed by atoms with Gasteiger partial charge in [-0.2, -0.15) is 9.78 Å². The Morgan fingerprint density at radius 2 is 2.16 bits per heavy atom. The van der Waals surface area contributed by atoms with E-state index in [9.17, 15) is 14.9 Å². The zero-order valence-corrected chi connectivity index (χ0v) is 14.0. The Labute approximate surface area is 146 Å². The second kappa shape index (κ2) is 6.21. The summed E-state index contributed by atoms with van der Waals surface area (Å²) in [6.45, 7) is 0. The highest BCUT2D eigenvalue weighted by molar-refractivity contribution is 7.18. The Bertz CT molecular complexity index is 1070. The van der Waals surface area contributed by atoms with Gasteiger partial charge in [-0.25, -0.2) is 4.98 Å². The Balaban J connectivity index is 1.75. The highest BCUT2D eigenvalue weighted by Crippen LogP contribution is 2.33. The molecule has 0 unspecified atom stereocenters. The molecule has 25 heavy (non-hydrogen) atoms. The van der Waals surface area contributed by atoms with E-state index < -0.39 is 4.92 Å². The first-order chi connectivity index (χ1) is 12.1. The predicted molar refractivity (Wildman–Crippen MR) is 96.6 cm³/mol. The third kappa shape index (κ3) is 2.85. The Hall–Kier alpha value is -2.87. The summed E-state index contributed by atoms with van der Waals surface area (Å²) in [5.74, 6) is 0. The van der Waals surface area contributed by atoms with Crippen molar-refractivity contribution < 1.29 is 4.92 Å². The number of benzene rings is 1. The van der Waals surface area contributed by atoms with E-state index in [0.717, 1.165) is 36.1 Å². The van der Waals surface area contributed by atoms with Crippen LogP contribution in [0.15, 0.2) is 40.5 Å². The fourth-order valence-electron chi connectivity index (χ4n) is 3.07. The van der Waals surface area contributed by atoms with Gasteiger partial charge >= 0.3 is 0 Å². The van der Waals surface area contributed by atoms with Crippen LogP contribution in [-0.2, 0) is 12.8 Å². The first kappa shape index (κ1) is 15.6. The topological polar surface area (TPSA) is 90.4 Å². The lowest BCUT2D eigenvalue weighted by atomic mass is 9.97. The molecule has 0 amide bonds. The van der Waals surface area contributed by atoms with Gasteiger partial charge in [-0.3, -0.25) is 14.9 Å². The number of fused-ring (bicyclic) bond motifs is 3. The number of thiophene rings is 1. The van der Waals surface area contributed by atoms with E-state index in [4.69, 9.17) is 0 Å². The minimum atomic E-state index is -0.464. The van der Waals surface area contributed by atoms with E-state index >= 15 is 0 Å². The number of aryl methyl sites for hydroxylation is 2. The first-order valence-corrected chi connectivity index (χ1v) is 8.76. The number of rotatable bonds is 3. The third-order valence-corrected chi connectivity index (χ3v) is 5.47. The summed E-state index contributed by atoms with van der Waals surface area (Å²) in [4.78, 5) is 29.5. The summed E-state index contributed by atoms with van der Waals surface area (Å²) in [5, 5.41) is 15.7. The Morgan fingerprint density at radius 3 is 3.00 bits per heavy atom. The predicted octanol–water partition coefficient (Wildman–Crippen LogP) is 3.13. The zero-order chi connectivity index (χ0) is 17.4. The summed E-state index contributed by atoms with van der Waals surface area (Å²) in [6.07, 6.45) is 6.99. The molecule has 2 heterocycles. The van der Waals surface area contributed by atoms with Gasteiger partial charge in [0, 0.05) is 22.6 Å². The minimum Gasteiger partial charge on any atom is -0.267 e. The molecule has 0 atom stereocenters. The molecule has 1 aliphatic carbocycles. The molecule has 2 aromatic heterocycles. The second-order valence-corrected chi connectivity index (χ2v) is 6.97. The molecule has 1 aromatic carbocycles. The normalized spacial score (nSPS) is 14.1. The van der Waals surface area contributed by atoms with E-state index in [1.165, 1.54) is 34.2 Å². The fraction of sp³-hybridized carbons (Fsp3) is 0.235. The van der Waals surface area contributed by atoms with Crippen LogP contribution >= 0.6 is 11.3 Å². The van der Waals surface area contributed by atoms with Gasteiger partial charge < -0.3 is 0 Å². The Kier molecular flexibility index (Phi) is 3.89. The molecule has 0 saturated heterocycles. The van der Waals surface area contributed by atoms with Crippen molar-refractivity contribution >= 4 is 33.5 Å². The summed E-state index contributed by atoms with van der Waals surface area (Å²) in [6, 6.07) is 6.10. The lowest BCUT2D eigenvalue weighted by Gasteiger charge is -2.09. The fourth-order valence-corrected chi connectivity index (χ4v) is 4.29. The molecule has 7 nitrogen and oxygen atoms in total. The first-order valence-electron chi connectivity index (χ1n) is 7.94. The number of non-ortho nitro benzene ring substituents is 1. The van der Waals surface area contributed by atoms with Crippen molar-refractivity contribution in [3.05, 3.63) is 67.1 Å². The average molecular weight is 354 g/mol. The van der Waals surface area contributed by atoms with Crippen LogP contribution in [0.2, 0.25) is 0 Å². The molecule has 0 spiro atoms. The summed E-state index contributed by atoms with van der Waals surface area (Å²) >= 11 is 1.59. The van der Waals surface area contributed by atoms with Gasteiger partial charge in [0.15, 0.2) is 0 Å². The van der Waals surface area contributed by atoms with Crippen molar-refractivity contribution in [3.63, 3.8) is 0 Å². The van der Waals surface area contributed by atoms with E-state index in [1.54, 1.807) is 23.5 Å². The number of hydrogen-bond donors (Lipinski definition) is 0. The highest BCUT2D eigenvalue weighted by Gasteiger charge is 2.19. The number of aromatic nitrogens is 2. The molecule has 126 valence electrons. The van der Waals surface area contributed by atoms with E-state index in [-0.39, 0.29) is 11.2 Å². The maximum absolute atomic E-state index is 12.8. The van der Waals surface area contributed by atoms with Crippen LogP contribution in [0, 0.1) is 10.1 Å².